The highest BCUT2D eigenvalue weighted by atomic mass is 79.9. The lowest BCUT2D eigenvalue weighted by Crippen LogP contribution is -2.33. The van der Waals surface area contributed by atoms with Gasteiger partial charge in [-0.05, 0) is 54.7 Å². The normalized spacial score (nSPS) is 20.6. The Morgan fingerprint density at radius 2 is 2.29 bits per heavy atom. The van der Waals surface area contributed by atoms with Gasteiger partial charge in [0, 0.05) is 34.4 Å². The quantitative estimate of drug-likeness (QED) is 0.616. The van der Waals surface area contributed by atoms with E-state index >= 15 is 0 Å². The minimum atomic E-state index is -0.382. The Labute approximate surface area is 133 Å². The van der Waals surface area contributed by atoms with Gasteiger partial charge in [0.1, 0.15) is 0 Å². The van der Waals surface area contributed by atoms with Gasteiger partial charge in [-0.3, -0.25) is 10.1 Å². The number of halogens is 1. The van der Waals surface area contributed by atoms with Crippen molar-refractivity contribution in [2.75, 3.05) is 11.9 Å². The third kappa shape index (κ3) is 4.97. The lowest BCUT2D eigenvalue weighted by atomic mass is 10.0. The third-order valence-corrected chi connectivity index (χ3v) is 4.52. The van der Waals surface area contributed by atoms with E-state index in [4.69, 9.17) is 0 Å². The summed E-state index contributed by atoms with van der Waals surface area (Å²) in [6.45, 7) is 3.26. The molecule has 0 spiro atoms. The molecule has 0 amide bonds. The van der Waals surface area contributed by atoms with Gasteiger partial charge in [-0.25, -0.2) is 0 Å². The zero-order valence-corrected chi connectivity index (χ0v) is 13.9. The summed E-state index contributed by atoms with van der Waals surface area (Å²) >= 11 is 3.40. The first kappa shape index (κ1) is 16.2. The van der Waals surface area contributed by atoms with Crippen molar-refractivity contribution in [3.63, 3.8) is 0 Å². The van der Waals surface area contributed by atoms with Crippen molar-refractivity contribution in [3.05, 3.63) is 32.8 Å². The van der Waals surface area contributed by atoms with E-state index in [1.54, 1.807) is 12.1 Å². The molecule has 1 fully saturated rings. The minimum absolute atomic E-state index is 0.102. The number of non-ortho nitro benzene ring substituents is 1. The molecule has 0 bridgehead atoms. The number of nitro groups is 1. The first-order valence-electron chi connectivity index (χ1n) is 7.50. The lowest BCUT2D eigenvalue weighted by molar-refractivity contribution is -0.384. The van der Waals surface area contributed by atoms with Gasteiger partial charge < -0.3 is 10.6 Å². The molecule has 116 valence electrons. The first-order chi connectivity index (χ1) is 10.1. The van der Waals surface area contributed by atoms with Gasteiger partial charge in [-0.2, -0.15) is 0 Å². The van der Waals surface area contributed by atoms with Crippen LogP contribution < -0.4 is 10.6 Å². The first-order valence-corrected chi connectivity index (χ1v) is 8.29. The fourth-order valence-corrected chi connectivity index (χ4v) is 3.27. The highest BCUT2D eigenvalue weighted by molar-refractivity contribution is 9.10. The zero-order chi connectivity index (χ0) is 15.2. The van der Waals surface area contributed by atoms with Crippen LogP contribution in [0.15, 0.2) is 22.7 Å². The molecule has 5 nitrogen and oxygen atoms in total. The number of anilines is 1. The Morgan fingerprint density at radius 3 is 3.00 bits per heavy atom. The van der Waals surface area contributed by atoms with Crippen LogP contribution in [-0.4, -0.2) is 23.6 Å². The number of benzene rings is 1. The molecule has 1 aliphatic heterocycles. The van der Waals surface area contributed by atoms with Gasteiger partial charge in [-0.15, -0.1) is 0 Å². The van der Waals surface area contributed by atoms with E-state index in [9.17, 15) is 10.1 Å². The highest BCUT2D eigenvalue weighted by Crippen LogP contribution is 2.28. The topological polar surface area (TPSA) is 67.2 Å². The monoisotopic (exact) mass is 355 g/mol. The maximum Gasteiger partial charge on any atom is 0.270 e. The number of rotatable bonds is 5. The van der Waals surface area contributed by atoms with Crippen molar-refractivity contribution in [1.82, 2.24) is 5.32 Å². The van der Waals surface area contributed by atoms with Crippen LogP contribution in [0, 0.1) is 10.1 Å². The van der Waals surface area contributed by atoms with E-state index in [0.29, 0.717) is 12.1 Å². The molecule has 1 aromatic rings. The molecule has 1 aliphatic rings. The van der Waals surface area contributed by atoms with Gasteiger partial charge >= 0.3 is 0 Å². The van der Waals surface area contributed by atoms with Crippen LogP contribution in [0.3, 0.4) is 0 Å². The molecule has 1 saturated heterocycles. The molecule has 21 heavy (non-hydrogen) atoms. The van der Waals surface area contributed by atoms with E-state index in [0.717, 1.165) is 23.1 Å². The molecule has 0 aromatic heterocycles. The van der Waals surface area contributed by atoms with E-state index in [2.05, 4.69) is 33.5 Å². The van der Waals surface area contributed by atoms with Crippen molar-refractivity contribution >= 4 is 27.3 Å². The summed E-state index contributed by atoms with van der Waals surface area (Å²) in [6, 6.07) is 5.72. The Hall–Kier alpha value is -1.14. The Morgan fingerprint density at radius 1 is 1.48 bits per heavy atom. The summed E-state index contributed by atoms with van der Waals surface area (Å²) in [4.78, 5) is 10.4. The Bertz CT molecular complexity index is 488. The van der Waals surface area contributed by atoms with Crippen LogP contribution in [0.2, 0.25) is 0 Å². The Balaban J connectivity index is 1.92. The third-order valence-electron chi connectivity index (χ3n) is 3.87. The molecule has 1 aromatic carbocycles. The summed E-state index contributed by atoms with van der Waals surface area (Å²) in [5.41, 5.74) is 1.01. The van der Waals surface area contributed by atoms with Crippen molar-refractivity contribution < 1.29 is 4.92 Å². The van der Waals surface area contributed by atoms with E-state index < -0.39 is 0 Å². The Kier molecular flexibility index (Phi) is 5.99. The zero-order valence-electron chi connectivity index (χ0n) is 12.3. The summed E-state index contributed by atoms with van der Waals surface area (Å²) in [5, 5.41) is 17.8. The van der Waals surface area contributed by atoms with Crippen molar-refractivity contribution in [2.24, 2.45) is 0 Å². The molecule has 6 heteroatoms. The van der Waals surface area contributed by atoms with E-state index in [1.807, 2.05) is 0 Å². The number of nitrogens with zero attached hydrogens (tertiary/aromatic N) is 1. The fourth-order valence-electron chi connectivity index (χ4n) is 2.79. The van der Waals surface area contributed by atoms with Gasteiger partial charge in [0.25, 0.3) is 5.69 Å². The van der Waals surface area contributed by atoms with E-state index in [-0.39, 0.29) is 10.6 Å². The van der Waals surface area contributed by atoms with E-state index in [1.165, 1.54) is 31.7 Å². The molecule has 0 radical (unpaired) electrons. The number of hydrogen-bond acceptors (Lipinski definition) is 4. The summed E-state index contributed by atoms with van der Waals surface area (Å²) in [6.07, 6.45) is 6.17. The van der Waals surface area contributed by atoms with Crippen LogP contribution in [0.1, 0.15) is 39.0 Å². The fraction of sp³-hybridized carbons (Fsp3) is 0.600. The number of nitro benzene ring substituents is 1. The lowest BCUT2D eigenvalue weighted by Gasteiger charge is -2.22. The van der Waals surface area contributed by atoms with Crippen LogP contribution in [0.25, 0.3) is 0 Å². The number of hydrogen-bond donors (Lipinski definition) is 2. The molecule has 2 atom stereocenters. The second-order valence-electron chi connectivity index (χ2n) is 5.70. The largest absolute Gasteiger partial charge is 0.382 e. The molecule has 1 heterocycles. The average Bonchev–Trinajstić information content (AvgIpc) is 2.69. The SMILES string of the molecule is CC(CC1CCCCCN1)Nc1ccc([N+](=O)[O-])cc1Br. The second kappa shape index (κ2) is 7.75. The summed E-state index contributed by atoms with van der Waals surface area (Å²) in [5.74, 6) is 0. The summed E-state index contributed by atoms with van der Waals surface area (Å²) in [7, 11) is 0. The highest BCUT2D eigenvalue weighted by Gasteiger charge is 2.16. The van der Waals surface area contributed by atoms with Crippen LogP contribution in [0.5, 0.6) is 0 Å². The molecule has 0 aliphatic carbocycles. The standard InChI is InChI=1S/C15H22BrN3O2/c1-11(9-12-5-3-2-4-8-17-12)18-15-7-6-13(19(20)21)10-14(15)16/h6-7,10-12,17-18H,2-5,8-9H2,1H3. The maximum atomic E-state index is 10.7. The minimum Gasteiger partial charge on any atom is -0.382 e. The van der Waals surface area contributed by atoms with Gasteiger partial charge in [0.2, 0.25) is 0 Å². The van der Waals surface area contributed by atoms with Crippen molar-refractivity contribution in [1.29, 1.82) is 0 Å². The van der Waals surface area contributed by atoms with Gasteiger partial charge in [-0.1, -0.05) is 12.8 Å². The number of nitrogens with one attached hydrogen (secondary N) is 2. The van der Waals surface area contributed by atoms with Gasteiger partial charge in [0.15, 0.2) is 0 Å². The molecular formula is C15H22BrN3O2. The molecule has 0 saturated carbocycles. The molecule has 2 rings (SSSR count). The van der Waals surface area contributed by atoms with Crippen LogP contribution >= 0.6 is 15.9 Å². The molecular weight excluding hydrogens is 334 g/mol. The predicted octanol–water partition coefficient (Wildman–Crippen LogP) is 4.08. The molecule has 2 unspecified atom stereocenters. The van der Waals surface area contributed by atoms with Crippen molar-refractivity contribution in [2.45, 2.75) is 51.1 Å². The van der Waals surface area contributed by atoms with Crippen LogP contribution in [0.4, 0.5) is 11.4 Å². The smallest absolute Gasteiger partial charge is 0.270 e. The second-order valence-corrected chi connectivity index (χ2v) is 6.56. The maximum absolute atomic E-state index is 10.7. The van der Waals surface area contributed by atoms with Gasteiger partial charge in [0.05, 0.1) is 4.92 Å². The average molecular weight is 356 g/mol. The van der Waals surface area contributed by atoms with Crippen LogP contribution in [-0.2, 0) is 0 Å². The molecule has 2 N–H and O–H groups in total. The summed E-state index contributed by atoms with van der Waals surface area (Å²) < 4.78 is 0.734. The predicted molar refractivity (Wildman–Crippen MR) is 88.8 cm³/mol. The van der Waals surface area contributed by atoms with Crippen molar-refractivity contribution in [3.8, 4) is 0 Å².